The zero-order chi connectivity index (χ0) is 6.74. The number of aliphatic imine (C=N–C) groups is 1. The average molecular weight is 159 g/mol. The Morgan fingerprint density at radius 2 is 2.56 bits per heavy atom. The third-order valence-corrected chi connectivity index (χ3v) is 3.11. The van der Waals surface area contributed by atoms with Gasteiger partial charge in [-0.25, -0.2) is 0 Å². The lowest BCUT2D eigenvalue weighted by atomic mass is 10.2. The molecule has 0 spiro atoms. The lowest BCUT2D eigenvalue weighted by Gasteiger charge is -2.21. The van der Waals surface area contributed by atoms with Crippen LogP contribution in [0.3, 0.4) is 0 Å². The van der Waals surface area contributed by atoms with Gasteiger partial charge in [0.05, 0.1) is 0 Å². The molecule has 0 aromatic heterocycles. The van der Waals surface area contributed by atoms with Crippen molar-refractivity contribution in [3.8, 4) is 0 Å². The van der Waals surface area contributed by atoms with Crippen molar-refractivity contribution in [3.63, 3.8) is 0 Å². The maximum atomic E-state index is 4.25. The first kappa shape index (κ1) is 7.22. The molecule has 0 N–H and O–H groups in total. The van der Waals surface area contributed by atoms with Gasteiger partial charge in [-0.2, -0.15) is 0 Å². The molecular formula is C6H9NS2. The first-order valence-electron chi connectivity index (χ1n) is 2.80. The van der Waals surface area contributed by atoms with E-state index in [2.05, 4.69) is 29.7 Å². The molecule has 1 unspecified atom stereocenters. The normalized spacial score (nSPS) is 33.1. The Balaban J connectivity index is 2.63. The van der Waals surface area contributed by atoms with Crippen LogP contribution >= 0.6 is 22.5 Å². The average Bonchev–Trinajstić information content (AvgIpc) is 1.90. The van der Waals surface area contributed by atoms with Crippen LogP contribution in [0, 0.1) is 0 Å². The van der Waals surface area contributed by atoms with E-state index in [1.807, 2.05) is 12.3 Å². The summed E-state index contributed by atoms with van der Waals surface area (Å²) in [5.41, 5.74) is 0. The fourth-order valence-electron chi connectivity index (χ4n) is 0.662. The predicted octanol–water partition coefficient (Wildman–Crippen LogP) is 2.31. The van der Waals surface area contributed by atoms with Crippen molar-refractivity contribution in [2.75, 3.05) is 0 Å². The molecule has 0 fully saturated rings. The Kier molecular flexibility index (Phi) is 2.24. The monoisotopic (exact) mass is 159 g/mol. The molecule has 50 valence electrons. The van der Waals surface area contributed by atoms with Crippen molar-refractivity contribution < 1.29 is 0 Å². The van der Waals surface area contributed by atoms with Crippen LogP contribution in [0.2, 0.25) is 0 Å². The highest BCUT2D eigenvalue weighted by molar-refractivity contribution is 8.69. The van der Waals surface area contributed by atoms with Gasteiger partial charge in [-0.15, -0.1) is 11.7 Å². The van der Waals surface area contributed by atoms with Crippen molar-refractivity contribution >= 4 is 28.7 Å². The van der Waals surface area contributed by atoms with Crippen molar-refractivity contribution in [1.29, 1.82) is 0 Å². The summed E-state index contributed by atoms with van der Waals surface area (Å²) in [6.45, 7) is 2.07. The second-order valence-corrected chi connectivity index (χ2v) is 3.79. The summed E-state index contributed by atoms with van der Waals surface area (Å²) in [5.74, 6) is 0. The molecule has 3 heteroatoms. The summed E-state index contributed by atoms with van der Waals surface area (Å²) in [6.07, 6.45) is 6.88. The van der Waals surface area contributed by atoms with Gasteiger partial charge >= 0.3 is 0 Å². The summed E-state index contributed by atoms with van der Waals surface area (Å²) < 4.78 is 0. The molecule has 9 heavy (non-hydrogen) atoms. The van der Waals surface area contributed by atoms with Crippen molar-refractivity contribution in [2.45, 2.75) is 18.2 Å². The Morgan fingerprint density at radius 1 is 1.78 bits per heavy atom. The van der Waals surface area contributed by atoms with Crippen LogP contribution in [0.1, 0.15) is 13.3 Å². The Bertz CT molecular complexity index is 153. The van der Waals surface area contributed by atoms with Gasteiger partial charge in [0.2, 0.25) is 0 Å². The summed E-state index contributed by atoms with van der Waals surface area (Å²) in [5, 5.41) is 0. The van der Waals surface area contributed by atoms with Crippen molar-refractivity contribution in [2.24, 2.45) is 4.99 Å². The van der Waals surface area contributed by atoms with Gasteiger partial charge in [0.25, 0.3) is 0 Å². The molecule has 0 bridgehead atoms. The van der Waals surface area contributed by atoms with E-state index in [-0.39, 0.29) is 4.87 Å². The number of nitrogens with zero attached hydrogens (tertiary/aromatic N) is 1. The predicted molar refractivity (Wildman–Crippen MR) is 47.2 cm³/mol. The van der Waals surface area contributed by atoms with Crippen molar-refractivity contribution in [1.82, 2.24) is 0 Å². The maximum Gasteiger partial charge on any atom is 0.116 e. The van der Waals surface area contributed by atoms with E-state index in [0.29, 0.717) is 0 Å². The molecule has 1 aliphatic heterocycles. The largest absolute Gasteiger partial charge is 0.275 e. The minimum absolute atomic E-state index is 0.0160. The molecule has 1 nitrogen and oxygen atoms in total. The van der Waals surface area contributed by atoms with Crippen LogP contribution < -0.4 is 0 Å². The van der Waals surface area contributed by atoms with Gasteiger partial charge in [0.1, 0.15) is 4.87 Å². The summed E-state index contributed by atoms with van der Waals surface area (Å²) in [7, 11) is 1.49. The molecule has 1 rings (SSSR count). The standard InChI is InChI=1S/C6H9NS2/c1-6(9-8)4-2-3-5-7-6/h2-3,5,8H,4H2,1H3. The van der Waals surface area contributed by atoms with Gasteiger partial charge in [-0.1, -0.05) is 16.9 Å². The molecule has 0 radical (unpaired) electrons. The smallest absolute Gasteiger partial charge is 0.116 e. The highest BCUT2D eigenvalue weighted by Crippen LogP contribution is 2.34. The third-order valence-electron chi connectivity index (χ3n) is 1.26. The minimum Gasteiger partial charge on any atom is -0.275 e. The Morgan fingerprint density at radius 3 is 2.89 bits per heavy atom. The number of thiol groups is 1. The van der Waals surface area contributed by atoms with E-state index in [1.54, 1.807) is 0 Å². The highest BCUT2D eigenvalue weighted by Gasteiger charge is 2.20. The topological polar surface area (TPSA) is 12.4 Å². The summed E-state index contributed by atoms with van der Waals surface area (Å²) >= 11 is 4.12. The molecule has 0 aromatic carbocycles. The molecule has 0 aliphatic carbocycles. The molecule has 1 atom stereocenters. The molecule has 0 amide bonds. The molecule has 0 saturated carbocycles. The molecule has 1 aliphatic rings. The van der Waals surface area contributed by atoms with E-state index in [0.717, 1.165) is 6.42 Å². The van der Waals surface area contributed by atoms with Gasteiger partial charge < -0.3 is 0 Å². The number of allylic oxidation sites excluding steroid dienone is 1. The van der Waals surface area contributed by atoms with E-state index < -0.39 is 0 Å². The zero-order valence-corrected chi connectivity index (χ0v) is 6.95. The Hall–Kier alpha value is 0.110. The molecular weight excluding hydrogens is 150 g/mol. The maximum absolute atomic E-state index is 4.25. The van der Waals surface area contributed by atoms with E-state index in [1.165, 1.54) is 10.8 Å². The number of rotatable bonds is 1. The second-order valence-electron chi connectivity index (χ2n) is 2.18. The highest BCUT2D eigenvalue weighted by atomic mass is 33.1. The zero-order valence-electron chi connectivity index (χ0n) is 5.24. The van der Waals surface area contributed by atoms with E-state index in [4.69, 9.17) is 0 Å². The van der Waals surface area contributed by atoms with E-state index in [9.17, 15) is 0 Å². The van der Waals surface area contributed by atoms with E-state index >= 15 is 0 Å². The van der Waals surface area contributed by atoms with Crippen LogP contribution in [0.15, 0.2) is 17.1 Å². The summed E-state index contributed by atoms with van der Waals surface area (Å²) in [6, 6.07) is 0. The van der Waals surface area contributed by atoms with Crippen LogP contribution in [-0.2, 0) is 0 Å². The fourth-order valence-corrected chi connectivity index (χ4v) is 1.31. The lowest BCUT2D eigenvalue weighted by Crippen LogP contribution is -2.15. The van der Waals surface area contributed by atoms with Crippen LogP contribution in [0.4, 0.5) is 0 Å². The Labute approximate surface area is 64.4 Å². The first-order chi connectivity index (χ1) is 4.27. The number of hydrogen-bond donors (Lipinski definition) is 1. The molecule has 0 saturated heterocycles. The summed E-state index contributed by atoms with van der Waals surface area (Å²) in [4.78, 5) is 4.24. The van der Waals surface area contributed by atoms with Gasteiger partial charge in [0, 0.05) is 12.6 Å². The third kappa shape index (κ3) is 1.76. The van der Waals surface area contributed by atoms with Crippen LogP contribution in [0.25, 0.3) is 0 Å². The minimum atomic E-state index is -0.0160. The quantitative estimate of drug-likeness (QED) is 0.457. The molecule has 1 heterocycles. The van der Waals surface area contributed by atoms with Crippen LogP contribution in [-0.4, -0.2) is 11.1 Å². The van der Waals surface area contributed by atoms with Gasteiger partial charge in [0.15, 0.2) is 0 Å². The van der Waals surface area contributed by atoms with Crippen LogP contribution in [0.5, 0.6) is 0 Å². The SMILES string of the molecule is CC1(SS)CC=CC=N1. The number of dihydropyridines is 1. The lowest BCUT2D eigenvalue weighted by molar-refractivity contribution is 0.695. The van der Waals surface area contributed by atoms with Gasteiger partial charge in [-0.05, 0) is 13.0 Å². The second kappa shape index (κ2) is 2.80. The van der Waals surface area contributed by atoms with Crippen molar-refractivity contribution in [3.05, 3.63) is 12.2 Å². The van der Waals surface area contributed by atoms with Gasteiger partial charge in [-0.3, -0.25) is 4.99 Å². The fraction of sp³-hybridized carbons (Fsp3) is 0.500. The number of hydrogen-bond acceptors (Lipinski definition) is 3. The first-order valence-corrected chi connectivity index (χ1v) is 4.67. The molecule has 0 aromatic rings.